The van der Waals surface area contributed by atoms with Crippen molar-refractivity contribution in [2.75, 3.05) is 46.6 Å². The quantitative estimate of drug-likeness (QED) is 0.174. The molecule has 9 nitrogen and oxygen atoms in total. The van der Waals surface area contributed by atoms with Crippen LogP contribution in [0.2, 0.25) is 6.04 Å². The summed E-state index contributed by atoms with van der Waals surface area (Å²) < 4.78 is 29.6. The van der Waals surface area contributed by atoms with Gasteiger partial charge < -0.3 is 28.1 Å². The molecule has 5 atom stereocenters. The van der Waals surface area contributed by atoms with E-state index in [0.29, 0.717) is 50.7 Å². The summed E-state index contributed by atoms with van der Waals surface area (Å²) in [6.07, 6.45) is 5.75. The van der Waals surface area contributed by atoms with E-state index in [4.69, 9.17) is 22.8 Å². The maximum absolute atomic E-state index is 13.3. The predicted molar refractivity (Wildman–Crippen MR) is 157 cm³/mol. The number of alkyl carbamates (subject to hydrolysis) is 1. The largest absolute Gasteiger partial charge is 0.500 e. The van der Waals surface area contributed by atoms with Crippen LogP contribution < -0.4 is 10.1 Å². The van der Waals surface area contributed by atoms with Crippen molar-refractivity contribution >= 4 is 25.8 Å². The van der Waals surface area contributed by atoms with Crippen LogP contribution >= 0.6 is 0 Å². The first-order valence-corrected chi connectivity index (χ1v) is 16.6. The van der Waals surface area contributed by atoms with Gasteiger partial charge in [0.05, 0.1) is 18.7 Å². The van der Waals surface area contributed by atoms with Crippen LogP contribution in [0, 0.1) is 11.8 Å². The number of amides is 1. The molecular formula is C30H45N3O6Si. The number of nitrogens with zero attached hydrogens (tertiary/aromatic N) is 2. The summed E-state index contributed by atoms with van der Waals surface area (Å²) in [5, 5.41) is 3.91. The molecular weight excluding hydrogens is 526 g/mol. The number of carbonyl (C=O) groups excluding carboxylic acids is 1. The second-order valence-corrected chi connectivity index (χ2v) is 13.1. The number of aromatic nitrogens is 1. The molecule has 10 heteroatoms. The zero-order chi connectivity index (χ0) is 28.5. The summed E-state index contributed by atoms with van der Waals surface area (Å²) in [7, 11) is -1.11. The summed E-state index contributed by atoms with van der Waals surface area (Å²) >= 11 is 0. The first-order valence-electron chi connectivity index (χ1n) is 14.6. The zero-order valence-corrected chi connectivity index (χ0v) is 25.4. The third-order valence-corrected chi connectivity index (χ3v) is 11.2. The molecule has 3 saturated heterocycles. The monoisotopic (exact) mass is 571 g/mol. The van der Waals surface area contributed by atoms with Gasteiger partial charge in [0.1, 0.15) is 11.9 Å². The number of methoxy groups -OCH3 is 1. The van der Waals surface area contributed by atoms with Gasteiger partial charge in [-0.15, -0.1) is 6.58 Å². The summed E-state index contributed by atoms with van der Waals surface area (Å²) in [4.78, 5) is 20.3. The van der Waals surface area contributed by atoms with E-state index in [0.717, 1.165) is 48.1 Å². The highest BCUT2D eigenvalue weighted by molar-refractivity contribution is 6.60. The molecule has 1 N–H and O–H groups in total. The van der Waals surface area contributed by atoms with Crippen LogP contribution in [0.4, 0.5) is 4.79 Å². The number of piperidine rings is 3. The molecule has 0 radical (unpaired) electrons. The Balaban J connectivity index is 1.51. The number of pyridine rings is 1. The molecule has 1 aromatic carbocycles. The smallest absolute Gasteiger partial charge is 0.497 e. The maximum atomic E-state index is 13.3. The fourth-order valence-electron chi connectivity index (χ4n) is 6.22. The second kappa shape index (κ2) is 14.4. The summed E-state index contributed by atoms with van der Waals surface area (Å²) in [6.45, 7) is 13.8. The summed E-state index contributed by atoms with van der Waals surface area (Å²) in [5.74, 6) is 1.75. The van der Waals surface area contributed by atoms with Crippen molar-refractivity contribution < 1.29 is 27.5 Å². The van der Waals surface area contributed by atoms with Gasteiger partial charge in [-0.05, 0) is 82.7 Å². The number of nitrogens with one attached hydrogen (secondary N) is 1. The highest BCUT2D eigenvalue weighted by atomic mass is 28.4. The Kier molecular flexibility index (Phi) is 11.0. The molecule has 0 saturated carbocycles. The molecule has 3 aliphatic heterocycles. The molecule has 2 bridgehead atoms. The van der Waals surface area contributed by atoms with E-state index in [-0.39, 0.29) is 6.04 Å². The van der Waals surface area contributed by atoms with E-state index in [9.17, 15) is 4.79 Å². The number of hydrogen-bond acceptors (Lipinski definition) is 8. The predicted octanol–water partition coefficient (Wildman–Crippen LogP) is 5.35. The highest BCUT2D eigenvalue weighted by Gasteiger charge is 2.44. The van der Waals surface area contributed by atoms with Gasteiger partial charge in [0.25, 0.3) is 0 Å². The molecule has 3 unspecified atom stereocenters. The minimum Gasteiger partial charge on any atom is -0.497 e. The summed E-state index contributed by atoms with van der Waals surface area (Å²) in [6, 6.07) is 8.50. The van der Waals surface area contributed by atoms with Crippen molar-refractivity contribution in [1.82, 2.24) is 15.2 Å². The molecule has 5 rings (SSSR count). The van der Waals surface area contributed by atoms with Gasteiger partial charge in [-0.2, -0.15) is 0 Å². The fraction of sp³-hybridized carbons (Fsp3) is 0.600. The Labute approximate surface area is 239 Å². The minimum atomic E-state index is -2.76. The Hall–Kier alpha value is -2.50. The van der Waals surface area contributed by atoms with Crippen molar-refractivity contribution in [3.05, 3.63) is 48.7 Å². The van der Waals surface area contributed by atoms with Crippen LogP contribution in [0.3, 0.4) is 0 Å². The average Bonchev–Trinajstić information content (AvgIpc) is 2.98. The standard InChI is InChI=1S/C30H45N3O6Si/c1-6-22-21-33-17-14-23(22)19-28(33)29(25-13-16-31-27-12-11-24(35-5)20-26(25)27)39-30(34)32-15-10-18-40(36-7-2,37-8-3)38-9-4/h6,11-13,16,20,22-23,28-29H,1,7-10,14-15,17-19,21H2,2-5H3,(H,32,34)/t22?,23?,28-,29+/m0/s1. The van der Waals surface area contributed by atoms with Crippen LogP contribution in [0.15, 0.2) is 43.1 Å². The molecule has 2 aromatic rings. The highest BCUT2D eigenvalue weighted by Crippen LogP contribution is 2.43. The van der Waals surface area contributed by atoms with Crippen molar-refractivity contribution in [2.24, 2.45) is 11.8 Å². The molecule has 3 fully saturated rings. The lowest BCUT2D eigenvalue weighted by Crippen LogP contribution is -2.55. The number of fused-ring (bicyclic) bond motifs is 4. The van der Waals surface area contributed by atoms with Gasteiger partial charge in [0.15, 0.2) is 0 Å². The third-order valence-electron chi connectivity index (χ3n) is 8.05. The van der Waals surface area contributed by atoms with Gasteiger partial charge in [0, 0.05) is 56.1 Å². The van der Waals surface area contributed by atoms with Gasteiger partial charge >= 0.3 is 14.9 Å². The Bertz CT molecular complexity index is 1120. The van der Waals surface area contributed by atoms with E-state index < -0.39 is 21.0 Å². The molecule has 0 aliphatic carbocycles. The lowest BCUT2D eigenvalue weighted by Gasteiger charge is -2.51. The number of hydrogen-bond donors (Lipinski definition) is 1. The van der Waals surface area contributed by atoms with Gasteiger partial charge in [-0.1, -0.05) is 6.08 Å². The number of rotatable bonds is 15. The normalized spacial score (nSPS) is 23.1. The number of carbonyl (C=O) groups is 1. The van der Waals surface area contributed by atoms with Gasteiger partial charge in [-0.25, -0.2) is 4.79 Å². The molecule has 3 aliphatic rings. The van der Waals surface area contributed by atoms with Crippen molar-refractivity contribution in [3.63, 3.8) is 0 Å². The maximum Gasteiger partial charge on any atom is 0.500 e. The molecule has 0 spiro atoms. The molecule has 1 aromatic heterocycles. The Morgan fingerprint density at radius 2 is 1.95 bits per heavy atom. The molecule has 1 amide bonds. The topological polar surface area (TPSA) is 91.4 Å². The van der Waals surface area contributed by atoms with E-state index in [2.05, 4.69) is 27.9 Å². The molecule has 220 valence electrons. The first kappa shape index (κ1) is 30.5. The average molecular weight is 572 g/mol. The van der Waals surface area contributed by atoms with Crippen LogP contribution in [0.25, 0.3) is 10.9 Å². The van der Waals surface area contributed by atoms with Crippen LogP contribution in [0.1, 0.15) is 51.7 Å². The van der Waals surface area contributed by atoms with Crippen molar-refractivity contribution in [1.29, 1.82) is 0 Å². The number of ether oxygens (including phenoxy) is 2. The SMILES string of the molecule is C=CC1CN2CCC1C[C@H]2[C@H](OC(=O)NCCC[Si](OCC)(OCC)OCC)c1ccnc2ccc(OC)cc12. The van der Waals surface area contributed by atoms with E-state index >= 15 is 0 Å². The molecule has 40 heavy (non-hydrogen) atoms. The zero-order valence-electron chi connectivity index (χ0n) is 24.4. The van der Waals surface area contributed by atoms with Crippen LogP contribution in [-0.4, -0.2) is 77.4 Å². The van der Waals surface area contributed by atoms with Crippen LogP contribution in [-0.2, 0) is 18.0 Å². The minimum absolute atomic E-state index is 0.0754. The van der Waals surface area contributed by atoms with Crippen molar-refractivity contribution in [2.45, 2.75) is 58.2 Å². The van der Waals surface area contributed by atoms with Gasteiger partial charge in [-0.3, -0.25) is 9.88 Å². The van der Waals surface area contributed by atoms with E-state index in [1.54, 1.807) is 13.3 Å². The van der Waals surface area contributed by atoms with Gasteiger partial charge in [0.2, 0.25) is 0 Å². The van der Waals surface area contributed by atoms with E-state index in [1.807, 2.05) is 45.0 Å². The van der Waals surface area contributed by atoms with Crippen molar-refractivity contribution in [3.8, 4) is 5.75 Å². The lowest BCUT2D eigenvalue weighted by atomic mass is 9.73. The first-order chi connectivity index (χ1) is 19.5. The Morgan fingerprint density at radius 3 is 2.58 bits per heavy atom. The number of benzene rings is 1. The van der Waals surface area contributed by atoms with E-state index in [1.165, 1.54) is 0 Å². The lowest BCUT2D eigenvalue weighted by molar-refractivity contribution is -0.0497. The Morgan fingerprint density at radius 1 is 1.20 bits per heavy atom. The third kappa shape index (κ3) is 7.03. The fourth-order valence-corrected chi connectivity index (χ4v) is 8.83. The van der Waals surface area contributed by atoms with Crippen LogP contribution in [0.5, 0.6) is 5.75 Å². The summed E-state index contributed by atoms with van der Waals surface area (Å²) in [5.41, 5.74) is 1.79. The molecule has 4 heterocycles. The second-order valence-electron chi connectivity index (χ2n) is 10.4.